The van der Waals surface area contributed by atoms with Crippen LogP contribution in [0.1, 0.15) is 5.56 Å². The maximum atomic E-state index is 9.89. The molecule has 0 saturated carbocycles. The SMILES string of the molecule is Cc1ccc(O)c(-c2ccccc2O)c1O. The van der Waals surface area contributed by atoms with Crippen LogP contribution in [-0.2, 0) is 0 Å². The summed E-state index contributed by atoms with van der Waals surface area (Å²) in [6.45, 7) is 1.73. The summed E-state index contributed by atoms with van der Waals surface area (Å²) in [5.74, 6) is -0.0372. The summed E-state index contributed by atoms with van der Waals surface area (Å²) in [6, 6.07) is 9.68. The van der Waals surface area contributed by atoms with Gasteiger partial charge >= 0.3 is 0 Å². The van der Waals surface area contributed by atoms with Crippen molar-refractivity contribution in [2.24, 2.45) is 0 Å². The van der Waals surface area contributed by atoms with Crippen molar-refractivity contribution in [3.05, 3.63) is 42.0 Å². The molecule has 3 nitrogen and oxygen atoms in total. The normalized spacial score (nSPS) is 10.3. The lowest BCUT2D eigenvalue weighted by Crippen LogP contribution is -1.84. The number of phenolic OH excluding ortho intramolecular Hbond substituents is 3. The van der Waals surface area contributed by atoms with E-state index < -0.39 is 0 Å². The van der Waals surface area contributed by atoms with Gasteiger partial charge in [0, 0.05) is 5.56 Å². The molecular weight excluding hydrogens is 204 g/mol. The van der Waals surface area contributed by atoms with Gasteiger partial charge in [-0.3, -0.25) is 0 Å². The monoisotopic (exact) mass is 216 g/mol. The van der Waals surface area contributed by atoms with Gasteiger partial charge in [0.15, 0.2) is 0 Å². The molecule has 3 N–H and O–H groups in total. The first-order valence-corrected chi connectivity index (χ1v) is 4.91. The van der Waals surface area contributed by atoms with Crippen LogP contribution in [0.3, 0.4) is 0 Å². The topological polar surface area (TPSA) is 60.7 Å². The van der Waals surface area contributed by atoms with Crippen molar-refractivity contribution in [3.8, 4) is 28.4 Å². The number of aryl methyl sites for hydroxylation is 1. The molecule has 2 rings (SSSR count). The zero-order valence-electron chi connectivity index (χ0n) is 8.81. The van der Waals surface area contributed by atoms with Crippen LogP contribution < -0.4 is 0 Å². The van der Waals surface area contributed by atoms with Crippen molar-refractivity contribution in [2.45, 2.75) is 6.92 Å². The Balaban J connectivity index is 2.74. The number of hydrogen-bond donors (Lipinski definition) is 3. The molecule has 0 bridgehead atoms. The Hall–Kier alpha value is -2.16. The van der Waals surface area contributed by atoms with E-state index in [4.69, 9.17) is 0 Å². The van der Waals surface area contributed by atoms with Crippen LogP contribution in [0.4, 0.5) is 0 Å². The fourth-order valence-electron chi connectivity index (χ4n) is 1.64. The average Bonchev–Trinajstić information content (AvgIpc) is 2.27. The molecule has 0 radical (unpaired) electrons. The second-order valence-corrected chi connectivity index (χ2v) is 3.64. The van der Waals surface area contributed by atoms with Crippen LogP contribution >= 0.6 is 0 Å². The largest absolute Gasteiger partial charge is 0.507 e. The Bertz CT molecular complexity index is 533. The maximum absolute atomic E-state index is 9.89. The predicted octanol–water partition coefficient (Wildman–Crippen LogP) is 2.78. The lowest BCUT2D eigenvalue weighted by Gasteiger charge is -2.10. The van der Waals surface area contributed by atoms with Crippen molar-refractivity contribution in [1.29, 1.82) is 0 Å². The van der Waals surface area contributed by atoms with E-state index in [9.17, 15) is 15.3 Å². The number of benzene rings is 2. The van der Waals surface area contributed by atoms with Crippen molar-refractivity contribution in [3.63, 3.8) is 0 Å². The fraction of sp³-hybridized carbons (Fsp3) is 0.0769. The molecule has 0 aromatic heterocycles. The summed E-state index contributed by atoms with van der Waals surface area (Å²) in [5.41, 5.74) is 1.33. The van der Waals surface area contributed by atoms with Gasteiger partial charge in [0.05, 0.1) is 5.56 Å². The number of aromatic hydroxyl groups is 3. The molecular formula is C13H12O3. The standard InChI is InChI=1S/C13H12O3/c1-8-6-7-11(15)12(13(8)16)9-4-2-3-5-10(9)14/h2-7,14-16H,1H3. The van der Waals surface area contributed by atoms with Crippen LogP contribution in [0.25, 0.3) is 11.1 Å². The highest BCUT2D eigenvalue weighted by atomic mass is 16.3. The highest BCUT2D eigenvalue weighted by Crippen LogP contribution is 2.42. The van der Waals surface area contributed by atoms with E-state index in [2.05, 4.69) is 0 Å². The molecule has 16 heavy (non-hydrogen) atoms. The molecule has 0 amide bonds. The zero-order valence-corrected chi connectivity index (χ0v) is 8.81. The van der Waals surface area contributed by atoms with Crippen LogP contribution in [0.15, 0.2) is 36.4 Å². The fourth-order valence-corrected chi connectivity index (χ4v) is 1.64. The highest BCUT2D eigenvalue weighted by Gasteiger charge is 2.14. The molecule has 0 unspecified atom stereocenters. The van der Waals surface area contributed by atoms with Gasteiger partial charge in [-0.1, -0.05) is 24.3 Å². The van der Waals surface area contributed by atoms with Crippen molar-refractivity contribution in [2.75, 3.05) is 0 Å². The summed E-state index contributed by atoms with van der Waals surface area (Å²) in [6.07, 6.45) is 0. The maximum Gasteiger partial charge on any atom is 0.130 e. The Morgan fingerprint density at radius 2 is 1.50 bits per heavy atom. The van der Waals surface area contributed by atoms with Crippen LogP contribution in [0.5, 0.6) is 17.2 Å². The van der Waals surface area contributed by atoms with Crippen molar-refractivity contribution < 1.29 is 15.3 Å². The quantitative estimate of drug-likeness (QED) is 0.686. The van der Waals surface area contributed by atoms with Crippen molar-refractivity contribution in [1.82, 2.24) is 0 Å². The molecule has 3 heteroatoms. The number of phenols is 3. The molecule has 2 aromatic rings. The van der Waals surface area contributed by atoms with Crippen LogP contribution in [0, 0.1) is 6.92 Å². The molecule has 0 heterocycles. The average molecular weight is 216 g/mol. The summed E-state index contributed by atoms with van der Waals surface area (Å²) < 4.78 is 0. The summed E-state index contributed by atoms with van der Waals surface area (Å²) in [4.78, 5) is 0. The molecule has 82 valence electrons. The molecule has 0 atom stereocenters. The molecule has 2 aromatic carbocycles. The third-order valence-electron chi connectivity index (χ3n) is 2.53. The third-order valence-corrected chi connectivity index (χ3v) is 2.53. The number of hydrogen-bond acceptors (Lipinski definition) is 3. The Labute approximate surface area is 93.2 Å². The summed E-state index contributed by atoms with van der Waals surface area (Å²) in [7, 11) is 0. The van der Waals surface area contributed by atoms with Gasteiger partial charge in [-0.15, -0.1) is 0 Å². The van der Waals surface area contributed by atoms with E-state index in [0.717, 1.165) is 0 Å². The molecule has 0 aliphatic carbocycles. The van der Waals surface area contributed by atoms with Gasteiger partial charge in [-0.2, -0.15) is 0 Å². The second kappa shape index (κ2) is 3.77. The molecule has 0 spiro atoms. The van der Waals surface area contributed by atoms with E-state index in [1.807, 2.05) is 0 Å². The van der Waals surface area contributed by atoms with Crippen molar-refractivity contribution >= 4 is 0 Å². The van der Waals surface area contributed by atoms with E-state index >= 15 is 0 Å². The summed E-state index contributed by atoms with van der Waals surface area (Å²) >= 11 is 0. The zero-order chi connectivity index (χ0) is 11.7. The Morgan fingerprint density at radius 1 is 0.812 bits per heavy atom. The third kappa shape index (κ3) is 1.56. The van der Waals surface area contributed by atoms with Gasteiger partial charge in [0.2, 0.25) is 0 Å². The van der Waals surface area contributed by atoms with Gasteiger partial charge < -0.3 is 15.3 Å². The first-order valence-electron chi connectivity index (χ1n) is 4.91. The van der Waals surface area contributed by atoms with Gasteiger partial charge in [0.25, 0.3) is 0 Å². The van der Waals surface area contributed by atoms with Gasteiger partial charge in [0.1, 0.15) is 17.2 Å². The Kier molecular flexibility index (Phi) is 2.44. The van der Waals surface area contributed by atoms with Crippen LogP contribution in [-0.4, -0.2) is 15.3 Å². The van der Waals surface area contributed by atoms with E-state index in [-0.39, 0.29) is 22.8 Å². The summed E-state index contributed by atoms with van der Waals surface area (Å²) in [5, 5.41) is 29.3. The van der Waals surface area contributed by atoms with Gasteiger partial charge in [-0.05, 0) is 24.6 Å². The minimum absolute atomic E-state index is 0.0125. The van der Waals surface area contributed by atoms with E-state index in [1.165, 1.54) is 12.1 Å². The molecule has 0 fully saturated rings. The number of rotatable bonds is 1. The lowest BCUT2D eigenvalue weighted by atomic mass is 10.00. The predicted molar refractivity (Wildman–Crippen MR) is 61.6 cm³/mol. The first kappa shape index (κ1) is 10.4. The molecule has 0 aliphatic heterocycles. The molecule has 0 saturated heterocycles. The van der Waals surface area contributed by atoms with E-state index in [1.54, 1.807) is 31.2 Å². The highest BCUT2D eigenvalue weighted by molar-refractivity contribution is 5.81. The first-order chi connectivity index (χ1) is 7.61. The minimum atomic E-state index is -0.0513. The minimum Gasteiger partial charge on any atom is -0.507 e. The van der Waals surface area contributed by atoms with Crippen LogP contribution in [0.2, 0.25) is 0 Å². The Morgan fingerprint density at radius 3 is 2.19 bits per heavy atom. The lowest BCUT2D eigenvalue weighted by molar-refractivity contribution is 0.447. The van der Waals surface area contributed by atoms with E-state index in [0.29, 0.717) is 11.1 Å². The smallest absolute Gasteiger partial charge is 0.130 e. The molecule has 0 aliphatic rings. The van der Waals surface area contributed by atoms with Gasteiger partial charge in [-0.25, -0.2) is 0 Å². The second-order valence-electron chi connectivity index (χ2n) is 3.64. The number of para-hydroxylation sites is 1.